The van der Waals surface area contributed by atoms with E-state index in [1.807, 2.05) is 24.0 Å². The lowest BCUT2D eigenvalue weighted by atomic mass is 10.00. The Morgan fingerprint density at radius 2 is 2.30 bits per heavy atom. The first-order valence-corrected chi connectivity index (χ1v) is 8.67. The minimum Gasteiger partial charge on any atom is -0.355 e. The molecule has 20 heavy (non-hydrogen) atoms. The SMILES string of the molecule is c1cc(N2CCSCC2)nc(NCC2CCCNC2)n1. The first-order valence-electron chi connectivity index (χ1n) is 7.52. The lowest BCUT2D eigenvalue weighted by Gasteiger charge is -2.27. The Labute approximate surface area is 124 Å². The Morgan fingerprint density at radius 1 is 1.40 bits per heavy atom. The number of nitrogens with zero attached hydrogens (tertiary/aromatic N) is 3. The van der Waals surface area contributed by atoms with E-state index in [0.29, 0.717) is 5.92 Å². The predicted molar refractivity (Wildman–Crippen MR) is 85.7 cm³/mol. The molecular weight excluding hydrogens is 270 g/mol. The molecule has 6 heteroatoms. The Hall–Kier alpha value is -1.01. The van der Waals surface area contributed by atoms with E-state index >= 15 is 0 Å². The van der Waals surface area contributed by atoms with Gasteiger partial charge in [0, 0.05) is 37.3 Å². The molecule has 1 aromatic rings. The van der Waals surface area contributed by atoms with Crippen molar-refractivity contribution in [3.63, 3.8) is 0 Å². The van der Waals surface area contributed by atoms with Gasteiger partial charge in [-0.2, -0.15) is 16.7 Å². The number of hydrogen-bond donors (Lipinski definition) is 2. The molecule has 2 saturated heterocycles. The molecule has 0 bridgehead atoms. The topological polar surface area (TPSA) is 53.1 Å². The van der Waals surface area contributed by atoms with Crippen molar-refractivity contribution in [3.8, 4) is 0 Å². The molecule has 2 aliphatic rings. The van der Waals surface area contributed by atoms with E-state index in [4.69, 9.17) is 0 Å². The molecule has 3 rings (SSSR count). The average Bonchev–Trinajstić information content (AvgIpc) is 2.55. The molecule has 1 aromatic heterocycles. The summed E-state index contributed by atoms with van der Waals surface area (Å²) >= 11 is 2.02. The van der Waals surface area contributed by atoms with Crippen LogP contribution in [0.3, 0.4) is 0 Å². The van der Waals surface area contributed by atoms with Crippen LogP contribution in [-0.4, -0.2) is 54.2 Å². The molecule has 0 aromatic carbocycles. The van der Waals surface area contributed by atoms with Gasteiger partial charge in [-0.3, -0.25) is 0 Å². The summed E-state index contributed by atoms with van der Waals surface area (Å²) in [4.78, 5) is 11.4. The molecule has 110 valence electrons. The van der Waals surface area contributed by atoms with Gasteiger partial charge in [0.2, 0.25) is 5.95 Å². The molecule has 0 radical (unpaired) electrons. The number of thioether (sulfide) groups is 1. The van der Waals surface area contributed by atoms with Crippen molar-refractivity contribution in [2.24, 2.45) is 5.92 Å². The van der Waals surface area contributed by atoms with Crippen molar-refractivity contribution in [1.82, 2.24) is 15.3 Å². The Balaban J connectivity index is 1.56. The molecule has 2 fully saturated rings. The summed E-state index contributed by atoms with van der Waals surface area (Å²) in [6.07, 6.45) is 4.44. The van der Waals surface area contributed by atoms with E-state index in [-0.39, 0.29) is 0 Å². The Bertz CT molecular complexity index is 416. The van der Waals surface area contributed by atoms with Crippen LogP contribution in [0.25, 0.3) is 0 Å². The fraction of sp³-hybridized carbons (Fsp3) is 0.714. The number of hydrogen-bond acceptors (Lipinski definition) is 6. The molecule has 1 unspecified atom stereocenters. The van der Waals surface area contributed by atoms with E-state index in [0.717, 1.165) is 44.5 Å². The van der Waals surface area contributed by atoms with Crippen molar-refractivity contribution < 1.29 is 0 Å². The number of nitrogens with one attached hydrogen (secondary N) is 2. The van der Waals surface area contributed by atoms with Gasteiger partial charge in [0.15, 0.2) is 0 Å². The van der Waals surface area contributed by atoms with Crippen LogP contribution in [0, 0.1) is 5.92 Å². The van der Waals surface area contributed by atoms with Crippen LogP contribution >= 0.6 is 11.8 Å². The lowest BCUT2D eigenvalue weighted by molar-refractivity contribution is 0.392. The van der Waals surface area contributed by atoms with Gasteiger partial charge in [-0.05, 0) is 37.9 Å². The molecule has 0 saturated carbocycles. The summed E-state index contributed by atoms with van der Waals surface area (Å²) < 4.78 is 0. The quantitative estimate of drug-likeness (QED) is 0.876. The second-order valence-corrected chi connectivity index (χ2v) is 6.66. The van der Waals surface area contributed by atoms with Gasteiger partial charge in [-0.25, -0.2) is 4.98 Å². The highest BCUT2D eigenvalue weighted by Gasteiger charge is 2.15. The molecule has 2 aliphatic heterocycles. The highest BCUT2D eigenvalue weighted by Crippen LogP contribution is 2.18. The van der Waals surface area contributed by atoms with Crippen molar-refractivity contribution in [2.75, 3.05) is 54.4 Å². The van der Waals surface area contributed by atoms with Gasteiger partial charge >= 0.3 is 0 Å². The Morgan fingerprint density at radius 3 is 3.10 bits per heavy atom. The zero-order valence-corrected chi connectivity index (χ0v) is 12.7. The highest BCUT2D eigenvalue weighted by molar-refractivity contribution is 7.99. The van der Waals surface area contributed by atoms with Gasteiger partial charge in [0.1, 0.15) is 5.82 Å². The minimum atomic E-state index is 0.697. The largest absolute Gasteiger partial charge is 0.355 e. The van der Waals surface area contributed by atoms with Crippen molar-refractivity contribution in [1.29, 1.82) is 0 Å². The van der Waals surface area contributed by atoms with Gasteiger partial charge < -0.3 is 15.5 Å². The average molecular weight is 293 g/mol. The van der Waals surface area contributed by atoms with Crippen LogP contribution in [0.15, 0.2) is 12.3 Å². The van der Waals surface area contributed by atoms with Gasteiger partial charge in [0.05, 0.1) is 0 Å². The fourth-order valence-corrected chi connectivity index (χ4v) is 3.64. The van der Waals surface area contributed by atoms with Crippen LogP contribution in [-0.2, 0) is 0 Å². The number of rotatable bonds is 4. The summed E-state index contributed by atoms with van der Waals surface area (Å²) in [7, 11) is 0. The zero-order chi connectivity index (χ0) is 13.6. The summed E-state index contributed by atoms with van der Waals surface area (Å²) in [5.41, 5.74) is 0. The lowest BCUT2D eigenvalue weighted by Crippen LogP contribution is -2.34. The van der Waals surface area contributed by atoms with E-state index in [1.54, 1.807) is 0 Å². The summed E-state index contributed by atoms with van der Waals surface area (Å²) in [5.74, 6) is 4.92. The first-order chi connectivity index (χ1) is 9.92. The van der Waals surface area contributed by atoms with E-state index in [9.17, 15) is 0 Å². The summed E-state index contributed by atoms with van der Waals surface area (Å²) in [6.45, 7) is 5.42. The van der Waals surface area contributed by atoms with Crippen LogP contribution in [0.2, 0.25) is 0 Å². The molecule has 0 aliphatic carbocycles. The van der Waals surface area contributed by atoms with Crippen LogP contribution < -0.4 is 15.5 Å². The second kappa shape index (κ2) is 7.13. The maximum atomic E-state index is 4.65. The minimum absolute atomic E-state index is 0.697. The van der Waals surface area contributed by atoms with Crippen LogP contribution in [0.5, 0.6) is 0 Å². The predicted octanol–water partition coefficient (Wildman–Crippen LogP) is 1.44. The summed E-state index contributed by atoms with van der Waals surface area (Å²) in [5, 5.41) is 6.84. The van der Waals surface area contributed by atoms with E-state index in [2.05, 4.69) is 25.5 Å². The molecule has 5 nitrogen and oxygen atoms in total. The van der Waals surface area contributed by atoms with Gasteiger partial charge in [-0.1, -0.05) is 0 Å². The molecule has 0 spiro atoms. The molecule has 0 amide bonds. The fourth-order valence-electron chi connectivity index (χ4n) is 2.74. The van der Waals surface area contributed by atoms with Gasteiger partial charge in [-0.15, -0.1) is 0 Å². The highest BCUT2D eigenvalue weighted by atomic mass is 32.2. The van der Waals surface area contributed by atoms with Crippen molar-refractivity contribution in [2.45, 2.75) is 12.8 Å². The third-order valence-electron chi connectivity index (χ3n) is 3.92. The smallest absolute Gasteiger partial charge is 0.224 e. The van der Waals surface area contributed by atoms with Crippen molar-refractivity contribution >= 4 is 23.5 Å². The van der Waals surface area contributed by atoms with Crippen LogP contribution in [0.1, 0.15) is 12.8 Å². The monoisotopic (exact) mass is 293 g/mol. The van der Waals surface area contributed by atoms with Crippen LogP contribution in [0.4, 0.5) is 11.8 Å². The number of piperidine rings is 1. The molecule has 2 N–H and O–H groups in total. The maximum absolute atomic E-state index is 4.65. The second-order valence-electron chi connectivity index (χ2n) is 5.43. The maximum Gasteiger partial charge on any atom is 0.224 e. The summed E-state index contributed by atoms with van der Waals surface area (Å²) in [6, 6.07) is 2.02. The number of aromatic nitrogens is 2. The third kappa shape index (κ3) is 3.76. The van der Waals surface area contributed by atoms with E-state index < -0.39 is 0 Å². The first kappa shape index (κ1) is 13.9. The molecular formula is C14H23N5S. The normalized spacial score (nSPS) is 23.6. The van der Waals surface area contributed by atoms with E-state index in [1.165, 1.54) is 24.3 Å². The zero-order valence-electron chi connectivity index (χ0n) is 11.8. The number of anilines is 2. The standard InChI is InChI=1S/C14H23N5S/c1-2-12(10-15-4-1)11-17-14-16-5-3-13(18-14)19-6-8-20-9-7-19/h3,5,12,15H,1-2,4,6-11H2,(H,16,17,18). The molecule has 3 heterocycles. The van der Waals surface area contributed by atoms with Gasteiger partial charge in [0.25, 0.3) is 0 Å². The third-order valence-corrected chi connectivity index (χ3v) is 4.87. The molecule has 1 atom stereocenters. The Kier molecular flexibility index (Phi) is 4.97. The van der Waals surface area contributed by atoms with Crippen molar-refractivity contribution in [3.05, 3.63) is 12.3 Å².